The molecule has 0 fully saturated rings. The van der Waals surface area contributed by atoms with Crippen LogP contribution in [0.5, 0.6) is 0 Å². The molecule has 6 heteroatoms. The number of nitrogens with zero attached hydrogens (tertiary/aromatic N) is 1. The van der Waals surface area contributed by atoms with Crippen molar-refractivity contribution in [2.75, 3.05) is 0 Å². The van der Waals surface area contributed by atoms with Crippen molar-refractivity contribution >= 4 is 17.6 Å². The highest BCUT2D eigenvalue weighted by Crippen LogP contribution is 2.21. The van der Waals surface area contributed by atoms with E-state index in [-0.39, 0.29) is 11.4 Å². The average Bonchev–Trinajstić information content (AvgIpc) is 2.37. The van der Waals surface area contributed by atoms with Crippen LogP contribution in [0, 0.1) is 12.3 Å². The number of nitrogens with two attached hydrogens (primary N) is 1. The molecular weight excluding hydrogens is 260 g/mol. The van der Waals surface area contributed by atoms with Crippen molar-refractivity contribution in [2.24, 2.45) is 5.73 Å². The van der Waals surface area contributed by atoms with Crippen LogP contribution in [-0.4, -0.2) is 15.8 Å². The lowest BCUT2D eigenvalue weighted by atomic mass is 10.1. The molecule has 0 saturated carbocycles. The predicted molar refractivity (Wildman–Crippen MR) is 76.6 cm³/mol. The summed E-state index contributed by atoms with van der Waals surface area (Å²) in [5.41, 5.74) is 8.21. The molecule has 0 atom stereocenters. The van der Waals surface area contributed by atoms with Gasteiger partial charge in [0.1, 0.15) is 5.84 Å². The highest BCUT2D eigenvalue weighted by atomic mass is 32.2. The molecule has 0 aliphatic rings. The van der Waals surface area contributed by atoms with Gasteiger partial charge < -0.3 is 10.7 Å². The van der Waals surface area contributed by atoms with Crippen LogP contribution in [-0.2, 0) is 5.75 Å². The molecule has 2 rings (SSSR count). The molecule has 1 aromatic carbocycles. The molecule has 1 heterocycles. The summed E-state index contributed by atoms with van der Waals surface area (Å²) in [6, 6.07) is 7.04. The third-order valence-electron chi connectivity index (χ3n) is 2.67. The van der Waals surface area contributed by atoms with Crippen LogP contribution in [0.2, 0.25) is 0 Å². The minimum atomic E-state index is -0.152. The average molecular weight is 274 g/mol. The van der Waals surface area contributed by atoms with Crippen molar-refractivity contribution < 1.29 is 0 Å². The largest absolute Gasteiger partial charge is 0.384 e. The number of hydrogen-bond acceptors (Lipinski definition) is 4. The summed E-state index contributed by atoms with van der Waals surface area (Å²) >= 11 is 1.46. The van der Waals surface area contributed by atoms with E-state index in [4.69, 9.17) is 11.1 Å². The number of aromatic nitrogens is 2. The number of benzene rings is 1. The Bertz CT molecular complexity index is 666. The van der Waals surface area contributed by atoms with Crippen molar-refractivity contribution in [3.8, 4) is 0 Å². The van der Waals surface area contributed by atoms with Gasteiger partial charge in [0, 0.05) is 23.6 Å². The fourth-order valence-corrected chi connectivity index (χ4v) is 2.52. The molecule has 0 spiro atoms. The van der Waals surface area contributed by atoms with Gasteiger partial charge in [-0.05, 0) is 24.1 Å². The van der Waals surface area contributed by atoms with Gasteiger partial charge >= 0.3 is 0 Å². The van der Waals surface area contributed by atoms with Gasteiger partial charge in [-0.2, -0.15) is 0 Å². The van der Waals surface area contributed by atoms with E-state index in [0.717, 1.165) is 16.7 Å². The van der Waals surface area contributed by atoms with E-state index in [9.17, 15) is 4.79 Å². The van der Waals surface area contributed by atoms with Gasteiger partial charge in [0.05, 0.1) is 0 Å². The minimum Gasteiger partial charge on any atom is -0.384 e. The Balaban J connectivity index is 2.12. The number of nitrogen functional groups attached to an aromatic ring is 1. The number of hydrogen-bond donors (Lipinski definition) is 3. The topological polar surface area (TPSA) is 95.6 Å². The van der Waals surface area contributed by atoms with E-state index in [1.807, 2.05) is 25.1 Å². The van der Waals surface area contributed by atoms with Gasteiger partial charge in [0.15, 0.2) is 5.16 Å². The number of H-pyrrole nitrogens is 1. The molecule has 19 heavy (non-hydrogen) atoms. The van der Waals surface area contributed by atoms with Crippen molar-refractivity contribution in [2.45, 2.75) is 17.8 Å². The molecule has 98 valence electrons. The van der Waals surface area contributed by atoms with Crippen LogP contribution in [0.4, 0.5) is 0 Å². The van der Waals surface area contributed by atoms with Crippen molar-refractivity contribution in [1.29, 1.82) is 5.41 Å². The molecule has 0 unspecified atom stereocenters. The van der Waals surface area contributed by atoms with Crippen LogP contribution in [0.25, 0.3) is 0 Å². The van der Waals surface area contributed by atoms with E-state index < -0.39 is 0 Å². The summed E-state index contributed by atoms with van der Waals surface area (Å²) < 4.78 is 0. The van der Waals surface area contributed by atoms with E-state index in [1.165, 1.54) is 24.0 Å². The lowest BCUT2D eigenvalue weighted by molar-refractivity contribution is 0.936. The second kappa shape index (κ2) is 5.71. The molecule has 0 amide bonds. The zero-order valence-electron chi connectivity index (χ0n) is 10.4. The Labute approximate surface area is 114 Å². The van der Waals surface area contributed by atoms with Crippen LogP contribution in [0.3, 0.4) is 0 Å². The second-order valence-electron chi connectivity index (χ2n) is 4.08. The molecule has 0 aliphatic carbocycles. The zero-order valence-corrected chi connectivity index (χ0v) is 11.3. The highest BCUT2D eigenvalue weighted by molar-refractivity contribution is 7.98. The number of aromatic amines is 1. The fourth-order valence-electron chi connectivity index (χ4n) is 1.60. The van der Waals surface area contributed by atoms with Crippen LogP contribution in [0.1, 0.15) is 16.7 Å². The van der Waals surface area contributed by atoms with Gasteiger partial charge in [0.25, 0.3) is 5.56 Å². The van der Waals surface area contributed by atoms with E-state index in [0.29, 0.717) is 10.9 Å². The smallest absolute Gasteiger partial charge is 0.251 e. The van der Waals surface area contributed by atoms with Crippen LogP contribution in [0.15, 0.2) is 40.4 Å². The third kappa shape index (κ3) is 3.45. The Kier molecular flexibility index (Phi) is 4.01. The standard InChI is InChI=1S/C13H14N4OS/c1-8-6-9(12(14)15)2-3-10(8)7-19-13-16-5-4-11(18)17-13/h2-6H,7H2,1H3,(H3,14,15)(H,16,17,18). The number of amidine groups is 1. The maximum absolute atomic E-state index is 11.1. The summed E-state index contributed by atoms with van der Waals surface area (Å²) in [6.07, 6.45) is 1.49. The Morgan fingerprint density at radius 1 is 1.47 bits per heavy atom. The molecule has 4 N–H and O–H groups in total. The first kappa shape index (κ1) is 13.4. The van der Waals surface area contributed by atoms with E-state index >= 15 is 0 Å². The van der Waals surface area contributed by atoms with Gasteiger partial charge in [0.2, 0.25) is 0 Å². The molecule has 5 nitrogen and oxygen atoms in total. The Hall–Kier alpha value is -2.08. The molecule has 1 aromatic heterocycles. The van der Waals surface area contributed by atoms with Crippen molar-refractivity contribution in [3.05, 3.63) is 57.5 Å². The maximum Gasteiger partial charge on any atom is 0.251 e. The SMILES string of the molecule is Cc1cc(C(=N)N)ccc1CSc1nccc(=O)[nH]1. The number of aryl methyl sites for hydroxylation is 1. The predicted octanol–water partition coefficient (Wildman–Crippen LogP) is 1.65. The van der Waals surface area contributed by atoms with Crippen molar-refractivity contribution in [3.63, 3.8) is 0 Å². The first-order valence-electron chi connectivity index (χ1n) is 5.68. The normalized spacial score (nSPS) is 10.4. The number of rotatable bonds is 4. The molecule has 0 aliphatic heterocycles. The molecule has 0 bridgehead atoms. The second-order valence-corrected chi connectivity index (χ2v) is 5.05. The monoisotopic (exact) mass is 274 g/mol. The maximum atomic E-state index is 11.1. The molecule has 0 radical (unpaired) electrons. The van der Waals surface area contributed by atoms with Gasteiger partial charge in [-0.15, -0.1) is 0 Å². The summed E-state index contributed by atoms with van der Waals surface area (Å²) in [6.45, 7) is 1.98. The Morgan fingerprint density at radius 2 is 2.26 bits per heavy atom. The fraction of sp³-hybridized carbons (Fsp3) is 0.154. The number of thioether (sulfide) groups is 1. The van der Waals surface area contributed by atoms with Gasteiger partial charge in [-0.3, -0.25) is 10.2 Å². The summed E-state index contributed by atoms with van der Waals surface area (Å²) in [5, 5.41) is 7.98. The minimum absolute atomic E-state index is 0.0661. The Morgan fingerprint density at radius 3 is 2.89 bits per heavy atom. The van der Waals surface area contributed by atoms with Crippen molar-refractivity contribution in [1.82, 2.24) is 9.97 Å². The summed E-state index contributed by atoms with van der Waals surface area (Å²) in [7, 11) is 0. The van der Waals surface area contributed by atoms with Crippen LogP contribution < -0.4 is 11.3 Å². The third-order valence-corrected chi connectivity index (χ3v) is 3.60. The lowest BCUT2D eigenvalue weighted by Crippen LogP contribution is -2.11. The lowest BCUT2D eigenvalue weighted by Gasteiger charge is -2.07. The van der Waals surface area contributed by atoms with Gasteiger partial charge in [-0.1, -0.05) is 23.9 Å². The summed E-state index contributed by atoms with van der Waals surface area (Å²) in [5.74, 6) is 0.771. The van der Waals surface area contributed by atoms with E-state index in [2.05, 4.69) is 9.97 Å². The summed E-state index contributed by atoms with van der Waals surface area (Å²) in [4.78, 5) is 17.9. The van der Waals surface area contributed by atoms with Crippen LogP contribution >= 0.6 is 11.8 Å². The zero-order chi connectivity index (χ0) is 13.8. The highest BCUT2D eigenvalue weighted by Gasteiger charge is 2.04. The first-order valence-corrected chi connectivity index (χ1v) is 6.67. The quantitative estimate of drug-likeness (QED) is 0.342. The van der Waals surface area contributed by atoms with E-state index in [1.54, 1.807) is 0 Å². The number of nitrogens with one attached hydrogen (secondary N) is 2. The molecule has 0 saturated heterocycles. The van der Waals surface area contributed by atoms with Gasteiger partial charge in [-0.25, -0.2) is 4.98 Å². The first-order chi connectivity index (χ1) is 9.06. The molecular formula is C13H14N4OS. The molecule has 2 aromatic rings.